The molecule has 0 fully saturated rings. The standard InChI is InChI=1S/C23H24N2O3/c1-16-5-7-17(8-6-16)13-18(14-24)22(27)28-15-21(26)25-20-11-9-19(10-12-20)23(2,3)4/h5-13H,15H2,1-4H3,(H,25,26)/b18-13+. The molecule has 2 aromatic rings. The Morgan fingerprint density at radius 2 is 1.68 bits per heavy atom. The number of nitrogens with zero attached hydrogens (tertiary/aromatic N) is 1. The third-order valence-electron chi connectivity index (χ3n) is 4.10. The normalized spacial score (nSPS) is 11.5. The van der Waals surface area contributed by atoms with Crippen molar-refractivity contribution < 1.29 is 14.3 Å². The van der Waals surface area contributed by atoms with E-state index in [9.17, 15) is 14.9 Å². The fourth-order valence-corrected chi connectivity index (χ4v) is 2.43. The van der Waals surface area contributed by atoms with Crippen molar-refractivity contribution in [3.8, 4) is 6.07 Å². The van der Waals surface area contributed by atoms with Crippen LogP contribution in [0.25, 0.3) is 6.08 Å². The minimum Gasteiger partial charge on any atom is -0.451 e. The summed E-state index contributed by atoms with van der Waals surface area (Å²) in [4.78, 5) is 24.1. The quantitative estimate of drug-likeness (QED) is 0.477. The molecule has 5 heteroatoms. The number of hydrogen-bond acceptors (Lipinski definition) is 4. The van der Waals surface area contributed by atoms with Gasteiger partial charge in [-0.3, -0.25) is 4.79 Å². The van der Waals surface area contributed by atoms with Gasteiger partial charge in [0.05, 0.1) is 0 Å². The first-order valence-corrected chi connectivity index (χ1v) is 8.95. The van der Waals surface area contributed by atoms with Crippen LogP contribution in [0.1, 0.15) is 37.5 Å². The molecule has 0 aliphatic rings. The Morgan fingerprint density at radius 1 is 1.07 bits per heavy atom. The lowest BCUT2D eigenvalue weighted by molar-refractivity contribution is -0.142. The Kier molecular flexibility index (Phi) is 6.73. The molecule has 2 aromatic carbocycles. The van der Waals surface area contributed by atoms with Crippen LogP contribution in [0.3, 0.4) is 0 Å². The van der Waals surface area contributed by atoms with Crippen LogP contribution < -0.4 is 5.32 Å². The van der Waals surface area contributed by atoms with Crippen molar-refractivity contribution in [1.82, 2.24) is 0 Å². The number of carbonyl (C=O) groups is 2. The first-order chi connectivity index (χ1) is 13.2. The van der Waals surface area contributed by atoms with Gasteiger partial charge in [0.15, 0.2) is 6.61 Å². The fourth-order valence-electron chi connectivity index (χ4n) is 2.43. The average molecular weight is 376 g/mol. The van der Waals surface area contributed by atoms with Crippen LogP contribution >= 0.6 is 0 Å². The van der Waals surface area contributed by atoms with Gasteiger partial charge in [-0.25, -0.2) is 4.79 Å². The lowest BCUT2D eigenvalue weighted by atomic mass is 9.87. The van der Waals surface area contributed by atoms with Gasteiger partial charge in [-0.15, -0.1) is 0 Å². The zero-order valence-electron chi connectivity index (χ0n) is 16.6. The number of benzene rings is 2. The zero-order valence-corrected chi connectivity index (χ0v) is 16.6. The summed E-state index contributed by atoms with van der Waals surface area (Å²) in [6.07, 6.45) is 1.44. The van der Waals surface area contributed by atoms with Crippen molar-refractivity contribution in [2.24, 2.45) is 0 Å². The van der Waals surface area contributed by atoms with E-state index >= 15 is 0 Å². The lowest BCUT2D eigenvalue weighted by Crippen LogP contribution is -2.21. The monoisotopic (exact) mass is 376 g/mol. The molecule has 0 aliphatic heterocycles. The predicted molar refractivity (Wildman–Crippen MR) is 109 cm³/mol. The molecule has 1 N–H and O–H groups in total. The predicted octanol–water partition coefficient (Wildman–Crippen LogP) is 4.38. The summed E-state index contributed by atoms with van der Waals surface area (Å²) in [6.45, 7) is 7.81. The second-order valence-corrected chi connectivity index (χ2v) is 7.53. The molecular weight excluding hydrogens is 352 g/mol. The molecule has 28 heavy (non-hydrogen) atoms. The second-order valence-electron chi connectivity index (χ2n) is 7.53. The lowest BCUT2D eigenvalue weighted by Gasteiger charge is -2.19. The van der Waals surface area contributed by atoms with E-state index in [0.717, 1.165) is 11.1 Å². The zero-order chi connectivity index (χ0) is 20.7. The number of anilines is 1. The molecule has 0 aliphatic carbocycles. The number of carbonyl (C=O) groups excluding carboxylic acids is 2. The van der Waals surface area contributed by atoms with E-state index < -0.39 is 18.5 Å². The molecule has 0 saturated heterocycles. The van der Waals surface area contributed by atoms with Crippen molar-refractivity contribution in [3.05, 3.63) is 70.8 Å². The third-order valence-corrected chi connectivity index (χ3v) is 4.10. The topological polar surface area (TPSA) is 79.2 Å². The number of esters is 1. The smallest absolute Gasteiger partial charge is 0.349 e. The van der Waals surface area contributed by atoms with Crippen LogP contribution in [0.5, 0.6) is 0 Å². The second kappa shape index (κ2) is 9.01. The fraction of sp³-hybridized carbons (Fsp3) is 0.261. The van der Waals surface area contributed by atoms with Gasteiger partial charge in [0.2, 0.25) is 0 Å². The number of nitrogens with one attached hydrogen (secondary N) is 1. The van der Waals surface area contributed by atoms with Gasteiger partial charge in [-0.05, 0) is 41.7 Å². The van der Waals surface area contributed by atoms with Crippen LogP contribution in [0.2, 0.25) is 0 Å². The minimum absolute atomic E-state index is 0.0234. The van der Waals surface area contributed by atoms with Gasteiger partial charge in [0.25, 0.3) is 5.91 Å². The SMILES string of the molecule is Cc1ccc(/C=C(\C#N)C(=O)OCC(=O)Nc2ccc(C(C)(C)C)cc2)cc1. The summed E-state index contributed by atoms with van der Waals surface area (Å²) in [7, 11) is 0. The third kappa shape index (κ3) is 6.10. The molecule has 0 atom stereocenters. The summed E-state index contributed by atoms with van der Waals surface area (Å²) >= 11 is 0. The highest BCUT2D eigenvalue weighted by Crippen LogP contribution is 2.23. The van der Waals surface area contributed by atoms with Gasteiger partial charge in [-0.2, -0.15) is 5.26 Å². The van der Waals surface area contributed by atoms with Crippen molar-refractivity contribution in [1.29, 1.82) is 5.26 Å². The van der Waals surface area contributed by atoms with E-state index in [1.54, 1.807) is 24.3 Å². The number of rotatable bonds is 5. The number of amides is 1. The van der Waals surface area contributed by atoms with E-state index in [0.29, 0.717) is 11.3 Å². The highest BCUT2D eigenvalue weighted by atomic mass is 16.5. The Hall–Kier alpha value is -3.39. The highest BCUT2D eigenvalue weighted by Gasteiger charge is 2.15. The molecule has 0 radical (unpaired) electrons. The number of aryl methyl sites for hydroxylation is 1. The van der Waals surface area contributed by atoms with Crippen LogP contribution in [0.15, 0.2) is 54.1 Å². The van der Waals surface area contributed by atoms with Crippen molar-refractivity contribution in [3.63, 3.8) is 0 Å². The van der Waals surface area contributed by atoms with Crippen LogP contribution in [0, 0.1) is 18.3 Å². The molecule has 0 unspecified atom stereocenters. The molecule has 0 spiro atoms. The minimum atomic E-state index is -0.832. The molecule has 0 bridgehead atoms. The summed E-state index contributed by atoms with van der Waals surface area (Å²) in [5.41, 5.74) is 3.41. The van der Waals surface area contributed by atoms with E-state index in [2.05, 4.69) is 26.1 Å². The molecule has 0 heterocycles. The molecular formula is C23H24N2O3. The first kappa shape index (κ1) is 20.9. The first-order valence-electron chi connectivity index (χ1n) is 8.95. The number of ether oxygens (including phenoxy) is 1. The van der Waals surface area contributed by atoms with Gasteiger partial charge in [0, 0.05) is 5.69 Å². The van der Waals surface area contributed by atoms with Crippen molar-refractivity contribution in [2.75, 3.05) is 11.9 Å². The maximum atomic E-state index is 12.1. The Balaban J connectivity index is 1.93. The van der Waals surface area contributed by atoms with E-state index in [1.165, 1.54) is 6.08 Å². The molecule has 5 nitrogen and oxygen atoms in total. The van der Waals surface area contributed by atoms with E-state index in [1.807, 2.05) is 37.3 Å². The average Bonchev–Trinajstić information content (AvgIpc) is 2.65. The van der Waals surface area contributed by atoms with Gasteiger partial charge in [-0.1, -0.05) is 62.7 Å². The van der Waals surface area contributed by atoms with Crippen molar-refractivity contribution in [2.45, 2.75) is 33.1 Å². The largest absolute Gasteiger partial charge is 0.451 e. The van der Waals surface area contributed by atoms with Crippen LogP contribution in [-0.4, -0.2) is 18.5 Å². The Bertz CT molecular complexity index is 912. The molecule has 2 rings (SSSR count). The molecule has 0 saturated carbocycles. The Morgan fingerprint density at radius 3 is 2.21 bits per heavy atom. The summed E-state index contributed by atoms with van der Waals surface area (Å²) < 4.78 is 4.96. The summed E-state index contributed by atoms with van der Waals surface area (Å²) in [5, 5.41) is 11.9. The molecule has 144 valence electrons. The maximum absolute atomic E-state index is 12.1. The van der Waals surface area contributed by atoms with Crippen LogP contribution in [-0.2, 0) is 19.7 Å². The maximum Gasteiger partial charge on any atom is 0.349 e. The molecule has 1 amide bonds. The number of nitriles is 1. The summed E-state index contributed by atoms with van der Waals surface area (Å²) in [5.74, 6) is -1.30. The Labute approximate surface area is 165 Å². The van der Waals surface area contributed by atoms with Gasteiger partial charge < -0.3 is 10.1 Å². The molecule has 0 aromatic heterocycles. The van der Waals surface area contributed by atoms with E-state index in [4.69, 9.17) is 4.74 Å². The van der Waals surface area contributed by atoms with Gasteiger partial charge >= 0.3 is 5.97 Å². The van der Waals surface area contributed by atoms with E-state index in [-0.39, 0.29) is 11.0 Å². The summed E-state index contributed by atoms with van der Waals surface area (Å²) in [6, 6.07) is 16.7. The van der Waals surface area contributed by atoms with Gasteiger partial charge in [0.1, 0.15) is 11.6 Å². The van der Waals surface area contributed by atoms with Crippen LogP contribution in [0.4, 0.5) is 5.69 Å². The van der Waals surface area contributed by atoms with Crippen molar-refractivity contribution >= 4 is 23.6 Å². The highest BCUT2D eigenvalue weighted by molar-refractivity contribution is 6.00. The number of hydrogen-bond donors (Lipinski definition) is 1.